The van der Waals surface area contributed by atoms with E-state index in [1.54, 1.807) is 0 Å². The minimum absolute atomic E-state index is 0.354. The fourth-order valence-corrected chi connectivity index (χ4v) is 1.08. The summed E-state index contributed by atoms with van der Waals surface area (Å²) < 4.78 is 9.53. The number of hydrogen-bond donors (Lipinski definition) is 1. The first-order valence-electron chi connectivity index (χ1n) is 3.61. The van der Waals surface area contributed by atoms with Crippen LogP contribution in [0.1, 0.15) is 12.8 Å². The second-order valence-electron chi connectivity index (χ2n) is 2.56. The summed E-state index contributed by atoms with van der Waals surface area (Å²) in [5.74, 6) is -0.399. The number of hydrogen-bond acceptors (Lipinski definition) is 4. The molecule has 1 aliphatic rings. The molecule has 0 spiro atoms. The van der Waals surface area contributed by atoms with Crippen LogP contribution in [0.4, 0.5) is 0 Å². The predicted octanol–water partition coefficient (Wildman–Crippen LogP) is -0.301. The number of carbonyl (C=O) groups excluding carboxylic acids is 1. The standard InChI is InChI=1S/C7H12O4/c1-10-7(9)6-4-5(8)2-3-11-6/h5-6,8H,2-4H2,1H3/t5-,6+/m0/s1. The molecule has 0 saturated carbocycles. The van der Waals surface area contributed by atoms with E-state index in [2.05, 4.69) is 4.74 Å². The molecule has 1 aliphatic heterocycles. The van der Waals surface area contributed by atoms with Gasteiger partial charge in [0.15, 0.2) is 6.10 Å². The van der Waals surface area contributed by atoms with E-state index >= 15 is 0 Å². The average molecular weight is 160 g/mol. The molecule has 0 aromatic rings. The highest BCUT2D eigenvalue weighted by molar-refractivity contribution is 5.74. The molecule has 4 nitrogen and oxygen atoms in total. The normalized spacial score (nSPS) is 31.5. The Labute approximate surface area is 65.1 Å². The van der Waals surface area contributed by atoms with Gasteiger partial charge in [-0.2, -0.15) is 0 Å². The molecule has 1 saturated heterocycles. The zero-order valence-corrected chi connectivity index (χ0v) is 6.45. The lowest BCUT2D eigenvalue weighted by molar-refractivity contribution is -0.160. The number of esters is 1. The van der Waals surface area contributed by atoms with E-state index in [4.69, 9.17) is 9.84 Å². The van der Waals surface area contributed by atoms with E-state index in [1.807, 2.05) is 0 Å². The van der Waals surface area contributed by atoms with Crippen molar-refractivity contribution in [2.24, 2.45) is 0 Å². The SMILES string of the molecule is COC(=O)[C@H]1C[C@@H](O)CCO1. The van der Waals surface area contributed by atoms with Crippen LogP contribution in [0.25, 0.3) is 0 Å². The molecule has 1 rings (SSSR count). The number of aliphatic hydroxyl groups is 1. The van der Waals surface area contributed by atoms with Crippen LogP contribution in [0.15, 0.2) is 0 Å². The third-order valence-corrected chi connectivity index (χ3v) is 1.72. The van der Waals surface area contributed by atoms with Crippen LogP contribution >= 0.6 is 0 Å². The maximum Gasteiger partial charge on any atom is 0.335 e. The molecule has 0 aromatic heterocycles. The Morgan fingerprint density at radius 3 is 3.00 bits per heavy atom. The number of rotatable bonds is 1. The molecule has 11 heavy (non-hydrogen) atoms. The number of carbonyl (C=O) groups is 1. The van der Waals surface area contributed by atoms with Crippen LogP contribution < -0.4 is 0 Å². The van der Waals surface area contributed by atoms with Gasteiger partial charge >= 0.3 is 5.97 Å². The third kappa shape index (κ3) is 2.17. The Morgan fingerprint density at radius 2 is 2.45 bits per heavy atom. The Morgan fingerprint density at radius 1 is 1.73 bits per heavy atom. The van der Waals surface area contributed by atoms with Crippen LogP contribution in [0.3, 0.4) is 0 Å². The van der Waals surface area contributed by atoms with Gasteiger partial charge in [-0.1, -0.05) is 0 Å². The van der Waals surface area contributed by atoms with Crippen molar-refractivity contribution in [1.29, 1.82) is 0 Å². The van der Waals surface area contributed by atoms with E-state index in [1.165, 1.54) is 7.11 Å². The summed E-state index contributed by atoms with van der Waals surface area (Å²) in [5.41, 5.74) is 0. The molecule has 64 valence electrons. The first kappa shape index (κ1) is 8.49. The smallest absolute Gasteiger partial charge is 0.335 e. The van der Waals surface area contributed by atoms with E-state index in [-0.39, 0.29) is 0 Å². The van der Waals surface area contributed by atoms with Crippen molar-refractivity contribution in [3.05, 3.63) is 0 Å². The summed E-state index contributed by atoms with van der Waals surface area (Å²) in [6.07, 6.45) is -0.0308. The first-order chi connectivity index (χ1) is 5.24. The van der Waals surface area contributed by atoms with Crippen molar-refractivity contribution in [1.82, 2.24) is 0 Å². The molecule has 0 aliphatic carbocycles. The summed E-state index contributed by atoms with van der Waals surface area (Å²) in [5, 5.41) is 9.14. The molecule has 0 aromatic carbocycles. The minimum atomic E-state index is -0.566. The zero-order valence-electron chi connectivity index (χ0n) is 6.45. The third-order valence-electron chi connectivity index (χ3n) is 1.72. The summed E-state index contributed by atoms with van der Waals surface area (Å²) in [7, 11) is 1.31. The Hall–Kier alpha value is -0.610. The van der Waals surface area contributed by atoms with Gasteiger partial charge < -0.3 is 14.6 Å². The van der Waals surface area contributed by atoms with Gasteiger partial charge in [-0.05, 0) is 6.42 Å². The van der Waals surface area contributed by atoms with Crippen LogP contribution in [-0.2, 0) is 14.3 Å². The van der Waals surface area contributed by atoms with E-state index in [0.29, 0.717) is 19.4 Å². The van der Waals surface area contributed by atoms with Gasteiger partial charge in [-0.25, -0.2) is 4.79 Å². The minimum Gasteiger partial charge on any atom is -0.467 e. The summed E-state index contributed by atoms with van der Waals surface area (Å²) >= 11 is 0. The summed E-state index contributed by atoms with van der Waals surface area (Å²) in [6.45, 7) is 0.431. The van der Waals surface area contributed by atoms with Crippen molar-refractivity contribution >= 4 is 5.97 Å². The molecule has 1 N–H and O–H groups in total. The molecule has 0 bridgehead atoms. The van der Waals surface area contributed by atoms with Gasteiger partial charge in [-0.15, -0.1) is 0 Å². The molecule has 1 fully saturated rings. The molecule has 0 radical (unpaired) electrons. The van der Waals surface area contributed by atoms with Crippen LogP contribution in [0.5, 0.6) is 0 Å². The quantitative estimate of drug-likeness (QED) is 0.535. The van der Waals surface area contributed by atoms with Gasteiger partial charge in [0.25, 0.3) is 0 Å². The number of ether oxygens (including phenoxy) is 2. The van der Waals surface area contributed by atoms with Crippen molar-refractivity contribution < 1.29 is 19.4 Å². The van der Waals surface area contributed by atoms with Crippen LogP contribution in [-0.4, -0.2) is 37.0 Å². The van der Waals surface area contributed by atoms with Gasteiger partial charge in [0.1, 0.15) is 0 Å². The number of methoxy groups -OCH3 is 1. The Bertz CT molecular complexity index is 145. The highest BCUT2D eigenvalue weighted by Crippen LogP contribution is 2.14. The molecular weight excluding hydrogens is 148 g/mol. The van der Waals surface area contributed by atoms with Crippen molar-refractivity contribution in [2.45, 2.75) is 25.0 Å². The van der Waals surface area contributed by atoms with Gasteiger partial charge in [0.05, 0.1) is 19.8 Å². The second kappa shape index (κ2) is 3.69. The van der Waals surface area contributed by atoms with Gasteiger partial charge in [0.2, 0.25) is 0 Å². The number of aliphatic hydroxyl groups excluding tert-OH is 1. The van der Waals surface area contributed by atoms with Gasteiger partial charge in [0, 0.05) is 6.42 Å². The Balaban J connectivity index is 2.39. The molecular formula is C7H12O4. The molecule has 4 heteroatoms. The largest absolute Gasteiger partial charge is 0.467 e. The lowest BCUT2D eigenvalue weighted by Crippen LogP contribution is -2.35. The fraction of sp³-hybridized carbons (Fsp3) is 0.857. The van der Waals surface area contributed by atoms with Crippen molar-refractivity contribution in [3.8, 4) is 0 Å². The molecule has 1 heterocycles. The molecule has 0 unspecified atom stereocenters. The average Bonchev–Trinajstić information content (AvgIpc) is 2.03. The summed E-state index contributed by atoms with van der Waals surface area (Å²) in [4.78, 5) is 10.9. The van der Waals surface area contributed by atoms with E-state index in [0.717, 1.165) is 0 Å². The summed E-state index contributed by atoms with van der Waals surface area (Å²) in [6, 6.07) is 0. The van der Waals surface area contributed by atoms with E-state index in [9.17, 15) is 4.79 Å². The highest BCUT2D eigenvalue weighted by Gasteiger charge is 2.27. The van der Waals surface area contributed by atoms with Gasteiger partial charge in [-0.3, -0.25) is 0 Å². The van der Waals surface area contributed by atoms with Crippen LogP contribution in [0.2, 0.25) is 0 Å². The van der Waals surface area contributed by atoms with Crippen molar-refractivity contribution in [2.75, 3.05) is 13.7 Å². The zero-order chi connectivity index (χ0) is 8.27. The van der Waals surface area contributed by atoms with Crippen LogP contribution in [0, 0.1) is 0 Å². The predicted molar refractivity (Wildman–Crippen MR) is 37.0 cm³/mol. The topological polar surface area (TPSA) is 55.8 Å². The fourth-order valence-electron chi connectivity index (χ4n) is 1.08. The maximum absolute atomic E-state index is 10.9. The lowest BCUT2D eigenvalue weighted by Gasteiger charge is -2.24. The second-order valence-corrected chi connectivity index (χ2v) is 2.56. The van der Waals surface area contributed by atoms with E-state index < -0.39 is 18.2 Å². The van der Waals surface area contributed by atoms with Crippen molar-refractivity contribution in [3.63, 3.8) is 0 Å². The maximum atomic E-state index is 10.9. The first-order valence-corrected chi connectivity index (χ1v) is 3.61. The monoisotopic (exact) mass is 160 g/mol. The highest BCUT2D eigenvalue weighted by atomic mass is 16.6. The lowest BCUT2D eigenvalue weighted by atomic mass is 10.1. The Kier molecular flexibility index (Phi) is 2.84. The molecule has 0 amide bonds. The molecule has 2 atom stereocenters.